The Morgan fingerprint density at radius 2 is 2.24 bits per heavy atom. The van der Waals surface area contributed by atoms with Gasteiger partial charge in [-0.15, -0.1) is 0 Å². The highest BCUT2D eigenvalue weighted by Gasteiger charge is 2.24. The van der Waals surface area contributed by atoms with Gasteiger partial charge >= 0.3 is 5.63 Å². The first-order valence-corrected chi connectivity index (χ1v) is 6.67. The molecule has 0 aromatic carbocycles. The lowest BCUT2D eigenvalue weighted by molar-refractivity contribution is -0.119. The van der Waals surface area contributed by atoms with Crippen molar-refractivity contribution in [3.8, 4) is 11.3 Å². The van der Waals surface area contributed by atoms with Gasteiger partial charge in [-0.2, -0.15) is 0 Å². The number of carbonyl (C=O) groups is 1. The number of nitrogens with zero attached hydrogens (tertiary/aromatic N) is 1. The molecular formula is C15H14N2O4. The summed E-state index contributed by atoms with van der Waals surface area (Å²) in [6.45, 7) is 0.970. The Morgan fingerprint density at radius 3 is 2.90 bits per heavy atom. The SMILES string of the molecule is O=C(Nc1ccc(-c2cccnc2)oc1=O)C1CCOC1. The second-order valence-electron chi connectivity index (χ2n) is 4.79. The maximum Gasteiger partial charge on any atom is 0.360 e. The van der Waals surface area contributed by atoms with Crippen molar-refractivity contribution in [2.24, 2.45) is 5.92 Å². The van der Waals surface area contributed by atoms with Gasteiger partial charge in [0.15, 0.2) is 0 Å². The van der Waals surface area contributed by atoms with Crippen LogP contribution in [-0.2, 0) is 9.53 Å². The number of aromatic nitrogens is 1. The summed E-state index contributed by atoms with van der Waals surface area (Å²) in [5.74, 6) is -0.00775. The smallest absolute Gasteiger partial charge is 0.360 e. The third-order valence-corrected chi connectivity index (χ3v) is 3.33. The summed E-state index contributed by atoms with van der Waals surface area (Å²) in [7, 11) is 0. The van der Waals surface area contributed by atoms with Crippen molar-refractivity contribution in [3.63, 3.8) is 0 Å². The molecule has 0 radical (unpaired) electrons. The lowest BCUT2D eigenvalue weighted by atomic mass is 10.1. The second kappa shape index (κ2) is 5.88. The molecule has 1 amide bonds. The quantitative estimate of drug-likeness (QED) is 0.928. The minimum Gasteiger partial charge on any atom is -0.421 e. The molecule has 6 nitrogen and oxygen atoms in total. The number of carbonyl (C=O) groups excluding carboxylic acids is 1. The van der Waals surface area contributed by atoms with Gasteiger partial charge in [-0.1, -0.05) is 0 Å². The number of hydrogen-bond acceptors (Lipinski definition) is 5. The predicted molar refractivity (Wildman–Crippen MR) is 75.8 cm³/mol. The largest absolute Gasteiger partial charge is 0.421 e. The number of hydrogen-bond donors (Lipinski definition) is 1. The third kappa shape index (κ3) is 3.00. The average molecular weight is 286 g/mol. The number of ether oxygens (including phenoxy) is 1. The molecule has 6 heteroatoms. The van der Waals surface area contributed by atoms with Crippen molar-refractivity contribution in [1.29, 1.82) is 0 Å². The summed E-state index contributed by atoms with van der Waals surface area (Å²) in [5, 5.41) is 2.59. The van der Waals surface area contributed by atoms with Crippen LogP contribution in [0.1, 0.15) is 6.42 Å². The maximum atomic E-state index is 11.9. The van der Waals surface area contributed by atoms with Crippen molar-refractivity contribution in [3.05, 3.63) is 47.1 Å². The van der Waals surface area contributed by atoms with E-state index in [1.807, 2.05) is 0 Å². The predicted octanol–water partition coefficient (Wildman–Crippen LogP) is 1.68. The zero-order valence-corrected chi connectivity index (χ0v) is 11.2. The normalized spacial score (nSPS) is 17.6. The van der Waals surface area contributed by atoms with Crippen molar-refractivity contribution in [1.82, 2.24) is 4.98 Å². The van der Waals surface area contributed by atoms with Crippen LogP contribution in [0.4, 0.5) is 5.69 Å². The average Bonchev–Trinajstić information content (AvgIpc) is 3.04. The van der Waals surface area contributed by atoms with Crippen molar-refractivity contribution in [2.45, 2.75) is 6.42 Å². The Labute approximate surface area is 120 Å². The molecule has 0 spiro atoms. The number of rotatable bonds is 3. The van der Waals surface area contributed by atoms with Crippen molar-refractivity contribution >= 4 is 11.6 Å². The Bertz CT molecular complexity index is 690. The van der Waals surface area contributed by atoms with E-state index in [4.69, 9.17) is 9.15 Å². The molecule has 1 aliphatic heterocycles. The molecule has 3 heterocycles. The Morgan fingerprint density at radius 1 is 1.33 bits per heavy atom. The molecule has 2 aromatic rings. The van der Waals surface area contributed by atoms with Gasteiger partial charge in [0, 0.05) is 24.6 Å². The van der Waals surface area contributed by atoms with E-state index in [-0.39, 0.29) is 17.5 Å². The molecule has 1 N–H and O–H groups in total. The van der Waals surface area contributed by atoms with E-state index in [0.717, 1.165) is 0 Å². The van der Waals surface area contributed by atoms with Gasteiger partial charge < -0.3 is 14.5 Å². The lowest BCUT2D eigenvalue weighted by Crippen LogP contribution is -2.25. The summed E-state index contributed by atoms with van der Waals surface area (Å²) < 4.78 is 10.4. The summed E-state index contributed by atoms with van der Waals surface area (Å²) in [5.41, 5.74) is 0.264. The van der Waals surface area contributed by atoms with E-state index in [2.05, 4.69) is 10.3 Å². The summed E-state index contributed by atoms with van der Waals surface area (Å²) >= 11 is 0. The minimum atomic E-state index is -0.580. The van der Waals surface area contributed by atoms with E-state index in [1.54, 1.807) is 36.7 Å². The standard InChI is InChI=1S/C15H14N2O4/c18-14(11-5-7-20-9-11)17-12-3-4-13(21-15(12)19)10-2-1-6-16-8-10/h1-4,6,8,11H,5,7,9H2,(H,17,18). The Balaban J connectivity index is 1.79. The monoisotopic (exact) mass is 286 g/mol. The molecule has 0 saturated carbocycles. The number of amides is 1. The summed E-state index contributed by atoms with van der Waals surface area (Å²) in [6, 6.07) is 6.73. The van der Waals surface area contributed by atoms with E-state index >= 15 is 0 Å². The van der Waals surface area contributed by atoms with Gasteiger partial charge in [0.05, 0.1) is 12.5 Å². The van der Waals surface area contributed by atoms with E-state index in [1.165, 1.54) is 0 Å². The Hall–Kier alpha value is -2.47. The van der Waals surface area contributed by atoms with Gasteiger partial charge in [0.2, 0.25) is 5.91 Å². The highest BCUT2D eigenvalue weighted by Crippen LogP contribution is 2.18. The summed E-state index contributed by atoms with van der Waals surface area (Å²) in [4.78, 5) is 27.8. The zero-order valence-electron chi connectivity index (χ0n) is 11.2. The van der Waals surface area contributed by atoms with Crippen LogP contribution in [0.5, 0.6) is 0 Å². The fraction of sp³-hybridized carbons (Fsp3) is 0.267. The highest BCUT2D eigenvalue weighted by molar-refractivity contribution is 5.92. The first-order chi connectivity index (χ1) is 10.2. The van der Waals surface area contributed by atoms with Gasteiger partial charge in [-0.05, 0) is 30.7 Å². The third-order valence-electron chi connectivity index (χ3n) is 3.33. The molecule has 1 atom stereocenters. The lowest BCUT2D eigenvalue weighted by Gasteiger charge is -2.08. The maximum absolute atomic E-state index is 11.9. The molecule has 3 rings (SSSR count). The molecule has 1 saturated heterocycles. The fourth-order valence-corrected chi connectivity index (χ4v) is 2.15. The highest BCUT2D eigenvalue weighted by atomic mass is 16.5. The number of nitrogens with one attached hydrogen (secondary N) is 1. The molecule has 0 aliphatic carbocycles. The van der Waals surface area contributed by atoms with Gasteiger partial charge in [-0.3, -0.25) is 9.78 Å². The van der Waals surface area contributed by atoms with Crippen molar-refractivity contribution in [2.75, 3.05) is 18.5 Å². The molecule has 1 fully saturated rings. The van der Waals surface area contributed by atoms with Crippen LogP contribution in [0.3, 0.4) is 0 Å². The summed E-state index contributed by atoms with van der Waals surface area (Å²) in [6.07, 6.45) is 3.91. The van der Waals surface area contributed by atoms with Crippen molar-refractivity contribution < 1.29 is 13.9 Å². The fourth-order valence-electron chi connectivity index (χ4n) is 2.15. The van der Waals surface area contributed by atoms with Crippen LogP contribution in [0.15, 0.2) is 45.9 Å². The van der Waals surface area contributed by atoms with Gasteiger partial charge in [0.25, 0.3) is 0 Å². The zero-order chi connectivity index (χ0) is 14.7. The first-order valence-electron chi connectivity index (χ1n) is 6.67. The van der Waals surface area contributed by atoms with E-state index in [0.29, 0.717) is 31.0 Å². The first kappa shape index (κ1) is 13.5. The van der Waals surface area contributed by atoms with Crippen LogP contribution in [0.25, 0.3) is 11.3 Å². The van der Waals surface area contributed by atoms with E-state index in [9.17, 15) is 9.59 Å². The van der Waals surface area contributed by atoms with Crippen LogP contribution >= 0.6 is 0 Å². The van der Waals surface area contributed by atoms with Crippen LogP contribution in [-0.4, -0.2) is 24.1 Å². The van der Waals surface area contributed by atoms with Crippen LogP contribution < -0.4 is 10.9 Å². The molecule has 1 unspecified atom stereocenters. The van der Waals surface area contributed by atoms with Gasteiger partial charge in [0.1, 0.15) is 11.4 Å². The Kier molecular flexibility index (Phi) is 3.79. The number of pyridine rings is 1. The minimum absolute atomic E-state index is 0.138. The second-order valence-corrected chi connectivity index (χ2v) is 4.79. The molecule has 108 valence electrons. The topological polar surface area (TPSA) is 81.4 Å². The van der Waals surface area contributed by atoms with E-state index < -0.39 is 5.63 Å². The number of anilines is 1. The van der Waals surface area contributed by atoms with Crippen LogP contribution in [0, 0.1) is 5.92 Å². The molecule has 1 aliphatic rings. The van der Waals surface area contributed by atoms with Crippen LogP contribution in [0.2, 0.25) is 0 Å². The van der Waals surface area contributed by atoms with Gasteiger partial charge in [-0.25, -0.2) is 4.79 Å². The molecule has 21 heavy (non-hydrogen) atoms. The molecule has 0 bridgehead atoms. The molecular weight excluding hydrogens is 272 g/mol. The molecule has 2 aromatic heterocycles.